The van der Waals surface area contributed by atoms with Gasteiger partial charge < -0.3 is 15.0 Å². The lowest BCUT2D eigenvalue weighted by atomic mass is 9.97. The number of nitrogens with one attached hydrogen (secondary N) is 2. The van der Waals surface area contributed by atoms with Crippen LogP contribution in [0, 0.1) is 13.8 Å². The molecule has 164 valence electrons. The van der Waals surface area contributed by atoms with Crippen molar-refractivity contribution in [1.29, 1.82) is 0 Å². The van der Waals surface area contributed by atoms with Crippen molar-refractivity contribution in [3.8, 4) is 0 Å². The van der Waals surface area contributed by atoms with Crippen LogP contribution in [0.3, 0.4) is 0 Å². The van der Waals surface area contributed by atoms with Gasteiger partial charge in [-0.1, -0.05) is 25.0 Å². The van der Waals surface area contributed by atoms with Crippen LogP contribution in [0.1, 0.15) is 73.1 Å². The molecule has 1 saturated carbocycles. The number of quaternary nitrogens is 1. The summed E-state index contributed by atoms with van der Waals surface area (Å²) >= 11 is 0. The normalized spacial score (nSPS) is 23.5. The van der Waals surface area contributed by atoms with Gasteiger partial charge in [0, 0.05) is 18.2 Å². The Balaban J connectivity index is 1.67. The van der Waals surface area contributed by atoms with Crippen LogP contribution in [-0.2, 0) is 0 Å². The highest BCUT2D eigenvalue weighted by atomic mass is 16.3. The number of aromatic amines is 1. The molecule has 2 aromatic heterocycles. The van der Waals surface area contributed by atoms with Gasteiger partial charge in [-0.3, -0.25) is 4.79 Å². The molecule has 3 aromatic rings. The molecule has 2 fully saturated rings. The maximum absolute atomic E-state index is 13.4. The van der Waals surface area contributed by atoms with Crippen LogP contribution in [0.15, 0.2) is 23.0 Å². The zero-order valence-corrected chi connectivity index (χ0v) is 18.3. The highest BCUT2D eigenvalue weighted by Crippen LogP contribution is 2.31. The highest BCUT2D eigenvalue weighted by molar-refractivity contribution is 5.85. The van der Waals surface area contributed by atoms with Gasteiger partial charge in [0.15, 0.2) is 6.04 Å². The van der Waals surface area contributed by atoms with Gasteiger partial charge in [0.05, 0.1) is 36.3 Å². The Labute approximate surface area is 181 Å². The zero-order chi connectivity index (χ0) is 21.5. The number of tetrazole rings is 1. The molecular formula is C23H31N6O2+. The van der Waals surface area contributed by atoms with E-state index >= 15 is 0 Å². The number of benzene rings is 1. The lowest BCUT2D eigenvalue weighted by Crippen LogP contribution is -3.14. The summed E-state index contributed by atoms with van der Waals surface area (Å²) in [4.78, 5) is 17.8. The van der Waals surface area contributed by atoms with Crippen LogP contribution >= 0.6 is 0 Å². The Hall–Kier alpha value is -2.58. The average Bonchev–Trinajstić information content (AvgIpc) is 3.45. The van der Waals surface area contributed by atoms with E-state index in [1.54, 1.807) is 0 Å². The predicted molar refractivity (Wildman–Crippen MR) is 117 cm³/mol. The fraction of sp³-hybridized carbons (Fsp3) is 0.565. The molecular weight excluding hydrogens is 392 g/mol. The number of pyridine rings is 1. The molecule has 0 radical (unpaired) electrons. The summed E-state index contributed by atoms with van der Waals surface area (Å²) in [7, 11) is 0. The van der Waals surface area contributed by atoms with Crippen LogP contribution in [0.5, 0.6) is 0 Å². The van der Waals surface area contributed by atoms with Crippen molar-refractivity contribution in [3.63, 3.8) is 0 Å². The van der Waals surface area contributed by atoms with Gasteiger partial charge >= 0.3 is 0 Å². The number of aliphatic hydroxyl groups is 1. The smallest absolute Gasteiger partial charge is 0.258 e. The van der Waals surface area contributed by atoms with E-state index in [1.807, 2.05) is 23.7 Å². The molecule has 1 aromatic carbocycles. The van der Waals surface area contributed by atoms with Crippen molar-refractivity contribution in [2.45, 2.75) is 70.6 Å². The van der Waals surface area contributed by atoms with Gasteiger partial charge in [-0.2, -0.15) is 0 Å². The van der Waals surface area contributed by atoms with E-state index < -0.39 is 0 Å². The fourth-order valence-corrected chi connectivity index (χ4v) is 5.41. The monoisotopic (exact) mass is 423 g/mol. The second kappa shape index (κ2) is 8.16. The Kier molecular flexibility index (Phi) is 5.35. The molecule has 5 rings (SSSR count). The fourth-order valence-electron chi connectivity index (χ4n) is 5.41. The van der Waals surface area contributed by atoms with Gasteiger partial charge in [-0.15, -0.1) is 5.10 Å². The molecule has 0 amide bonds. The lowest BCUT2D eigenvalue weighted by Gasteiger charge is -2.33. The van der Waals surface area contributed by atoms with Crippen LogP contribution in [-0.4, -0.2) is 49.5 Å². The quantitative estimate of drug-likeness (QED) is 0.589. The van der Waals surface area contributed by atoms with E-state index in [-0.39, 0.29) is 17.7 Å². The molecule has 31 heavy (non-hydrogen) atoms. The zero-order valence-electron chi connectivity index (χ0n) is 18.3. The number of likely N-dealkylation sites (tertiary alicyclic amines) is 1. The SMILES string of the molecule is Cc1ccc(C)c2[nH]c(=O)c([C@@H](c3nnnn3C3CCCC3)[NH+]3CCC(O)CC3)cc12. The number of hydrogen-bond donors (Lipinski definition) is 3. The van der Waals surface area contributed by atoms with Crippen molar-refractivity contribution in [1.82, 2.24) is 25.2 Å². The van der Waals surface area contributed by atoms with E-state index in [2.05, 4.69) is 33.5 Å². The third kappa shape index (κ3) is 3.68. The number of aliphatic hydroxyl groups excluding tert-OH is 1. The number of H-pyrrole nitrogens is 1. The molecule has 1 aliphatic carbocycles. The summed E-state index contributed by atoms with van der Waals surface area (Å²) in [5.41, 5.74) is 3.72. The largest absolute Gasteiger partial charge is 0.393 e. The second-order valence-corrected chi connectivity index (χ2v) is 9.28. The van der Waals surface area contributed by atoms with Crippen molar-refractivity contribution >= 4 is 10.9 Å². The van der Waals surface area contributed by atoms with Crippen LogP contribution < -0.4 is 10.5 Å². The Morgan fingerprint density at radius 1 is 1.13 bits per heavy atom. The number of aryl methyl sites for hydroxylation is 2. The highest BCUT2D eigenvalue weighted by Gasteiger charge is 2.38. The van der Waals surface area contributed by atoms with Crippen molar-refractivity contribution in [2.75, 3.05) is 13.1 Å². The first kappa shape index (κ1) is 20.3. The van der Waals surface area contributed by atoms with Gasteiger partial charge in [0.2, 0.25) is 5.82 Å². The molecule has 0 unspecified atom stereocenters. The van der Waals surface area contributed by atoms with E-state index in [9.17, 15) is 9.90 Å². The van der Waals surface area contributed by atoms with Gasteiger partial charge in [0.1, 0.15) is 0 Å². The minimum absolute atomic E-state index is 0.0780. The number of nitrogens with zero attached hydrogens (tertiary/aromatic N) is 4. The first-order valence-corrected chi connectivity index (χ1v) is 11.5. The second-order valence-electron chi connectivity index (χ2n) is 9.28. The topological polar surface area (TPSA) is 101 Å². The lowest BCUT2D eigenvalue weighted by molar-refractivity contribution is -0.932. The summed E-state index contributed by atoms with van der Waals surface area (Å²) in [6.45, 7) is 5.67. The van der Waals surface area contributed by atoms with Crippen LogP contribution in [0.25, 0.3) is 10.9 Å². The molecule has 8 heteroatoms. The molecule has 1 aliphatic heterocycles. The summed E-state index contributed by atoms with van der Waals surface area (Å²) in [6.07, 6.45) is 5.70. The number of rotatable bonds is 4. The summed E-state index contributed by atoms with van der Waals surface area (Å²) < 4.78 is 1.97. The molecule has 1 saturated heterocycles. The van der Waals surface area contributed by atoms with Crippen molar-refractivity contribution in [2.24, 2.45) is 0 Å². The third-order valence-electron chi connectivity index (χ3n) is 7.24. The van der Waals surface area contributed by atoms with Crippen LogP contribution in [0.4, 0.5) is 0 Å². The van der Waals surface area contributed by atoms with Gasteiger partial charge in [-0.05, 0) is 54.3 Å². The molecule has 0 spiro atoms. The van der Waals surface area contributed by atoms with E-state index in [4.69, 9.17) is 0 Å². The minimum atomic E-state index is -0.269. The van der Waals surface area contributed by atoms with Gasteiger partial charge in [-0.25, -0.2) is 4.68 Å². The van der Waals surface area contributed by atoms with Crippen molar-refractivity contribution < 1.29 is 10.0 Å². The van der Waals surface area contributed by atoms with Crippen LogP contribution in [0.2, 0.25) is 0 Å². The summed E-state index contributed by atoms with van der Waals surface area (Å²) in [5.74, 6) is 0.772. The van der Waals surface area contributed by atoms with E-state index in [1.165, 1.54) is 17.7 Å². The maximum Gasteiger partial charge on any atom is 0.258 e. The van der Waals surface area contributed by atoms with E-state index in [0.717, 1.165) is 66.6 Å². The molecule has 8 nitrogen and oxygen atoms in total. The minimum Gasteiger partial charge on any atom is -0.393 e. The Morgan fingerprint density at radius 2 is 1.84 bits per heavy atom. The third-order valence-corrected chi connectivity index (χ3v) is 7.24. The average molecular weight is 424 g/mol. The Morgan fingerprint density at radius 3 is 2.58 bits per heavy atom. The number of hydrogen-bond acceptors (Lipinski definition) is 5. The predicted octanol–water partition coefficient (Wildman–Crippen LogP) is 1.38. The summed E-state index contributed by atoms with van der Waals surface area (Å²) in [5, 5.41) is 24.0. The van der Waals surface area contributed by atoms with E-state index in [0.29, 0.717) is 11.6 Å². The number of piperidine rings is 1. The first-order valence-electron chi connectivity index (χ1n) is 11.5. The Bertz CT molecular complexity index is 1140. The van der Waals surface area contributed by atoms with Gasteiger partial charge in [0.25, 0.3) is 5.56 Å². The van der Waals surface area contributed by atoms with Crippen molar-refractivity contribution in [3.05, 3.63) is 51.1 Å². The standard InChI is InChI=1S/C23H30N6O2/c1-14-7-8-15(2)20-18(14)13-19(23(31)24-20)21(28-11-9-17(30)10-12-28)22-25-26-27-29(22)16-5-3-4-6-16/h7-8,13,16-17,21,30H,3-6,9-12H2,1-2H3,(H,24,31)/p+1/t21-/m0/s1. The molecule has 0 bridgehead atoms. The molecule has 1 atom stereocenters. The number of fused-ring (bicyclic) bond motifs is 1. The maximum atomic E-state index is 13.4. The molecule has 3 heterocycles. The number of aromatic nitrogens is 5. The molecule has 3 N–H and O–H groups in total. The molecule has 2 aliphatic rings. The first-order chi connectivity index (χ1) is 15.0. The summed E-state index contributed by atoms with van der Waals surface area (Å²) in [6, 6.07) is 6.23.